The van der Waals surface area contributed by atoms with Gasteiger partial charge in [0.05, 0.1) is 18.6 Å². The minimum atomic E-state index is -3.90. The number of allylic oxidation sites excluding steroid dienone is 1. The van der Waals surface area contributed by atoms with Crippen molar-refractivity contribution in [2.24, 2.45) is 5.14 Å². The number of sulfonamides is 1. The van der Waals surface area contributed by atoms with Crippen molar-refractivity contribution < 1.29 is 32.0 Å². The van der Waals surface area contributed by atoms with E-state index in [0.717, 1.165) is 5.56 Å². The molecule has 34 heavy (non-hydrogen) atoms. The van der Waals surface area contributed by atoms with Crippen molar-refractivity contribution in [3.8, 4) is 5.75 Å². The number of ether oxygens (including phenoxy) is 1. The number of methoxy groups -OCH3 is 1. The average molecular weight is 487 g/mol. The number of imide groups is 1. The summed E-state index contributed by atoms with van der Waals surface area (Å²) in [6.07, 6.45) is 1.55. The van der Waals surface area contributed by atoms with E-state index < -0.39 is 27.5 Å². The molecular weight excluding hydrogens is 464 g/mol. The first-order valence-electron chi connectivity index (χ1n) is 10.5. The molecule has 0 saturated carbocycles. The fourth-order valence-corrected chi connectivity index (χ4v) is 5.46. The molecule has 2 atom stereocenters. The number of benzene rings is 1. The maximum atomic E-state index is 13.1. The van der Waals surface area contributed by atoms with Crippen LogP contribution in [0.15, 0.2) is 33.6 Å². The van der Waals surface area contributed by atoms with Gasteiger partial charge in [-0.05, 0) is 36.3 Å². The van der Waals surface area contributed by atoms with E-state index in [9.17, 15) is 22.8 Å². The average Bonchev–Trinajstić information content (AvgIpc) is 3.42. The normalized spacial score (nSPS) is 23.9. The predicted octanol–water partition coefficient (Wildman–Crippen LogP) is 1.12. The van der Waals surface area contributed by atoms with Crippen LogP contribution < -0.4 is 20.5 Å². The highest BCUT2D eigenvalue weighted by Gasteiger charge is 2.53. The molecule has 1 fully saturated rings. The molecule has 4 amide bonds. The van der Waals surface area contributed by atoms with Gasteiger partial charge in [-0.15, -0.1) is 0 Å². The Kier molecular flexibility index (Phi) is 4.85. The van der Waals surface area contributed by atoms with Crippen LogP contribution in [0, 0.1) is 0 Å². The monoisotopic (exact) mass is 486 g/mol. The molecule has 3 aliphatic rings. The predicted molar refractivity (Wildman–Crippen MR) is 119 cm³/mol. The molecule has 2 aliphatic heterocycles. The second-order valence-corrected chi connectivity index (χ2v) is 10.3. The molecule has 0 spiro atoms. The number of furan rings is 1. The summed E-state index contributed by atoms with van der Waals surface area (Å²) in [7, 11) is -2.40. The summed E-state index contributed by atoms with van der Waals surface area (Å²) in [5.41, 5.74) is -0.0242. The van der Waals surface area contributed by atoms with E-state index in [4.69, 9.17) is 14.3 Å². The molecule has 12 heteroatoms. The van der Waals surface area contributed by atoms with Gasteiger partial charge < -0.3 is 19.4 Å². The second kappa shape index (κ2) is 7.43. The maximum Gasteiger partial charge on any atom is 0.322 e. The van der Waals surface area contributed by atoms with Gasteiger partial charge in [0.1, 0.15) is 17.3 Å². The number of fused-ring (bicyclic) bond motifs is 2. The Hall–Kier alpha value is -3.64. The lowest BCUT2D eigenvalue weighted by molar-refractivity contribution is -0.125. The number of rotatable bonds is 5. The van der Waals surface area contributed by atoms with Crippen LogP contribution in [0.2, 0.25) is 0 Å². The highest BCUT2D eigenvalue weighted by molar-refractivity contribution is 7.93. The zero-order valence-corrected chi connectivity index (χ0v) is 19.2. The summed E-state index contributed by atoms with van der Waals surface area (Å²) < 4.78 is 35.0. The van der Waals surface area contributed by atoms with E-state index in [1.807, 2.05) is 0 Å². The smallest absolute Gasteiger partial charge is 0.322 e. The molecule has 3 heterocycles. The molecule has 5 rings (SSSR count). The Morgan fingerprint density at radius 3 is 2.68 bits per heavy atom. The Bertz CT molecular complexity index is 1390. The number of nitrogens with zero attached hydrogens (tertiary/aromatic N) is 1. The Morgan fingerprint density at radius 1 is 1.26 bits per heavy atom. The van der Waals surface area contributed by atoms with E-state index in [2.05, 4.69) is 10.6 Å². The lowest BCUT2D eigenvalue weighted by atomic mass is 9.93. The van der Waals surface area contributed by atoms with E-state index >= 15 is 0 Å². The van der Waals surface area contributed by atoms with Crippen molar-refractivity contribution in [1.82, 2.24) is 15.5 Å². The summed E-state index contributed by atoms with van der Waals surface area (Å²) in [6.45, 7) is 1.82. The quantitative estimate of drug-likeness (QED) is 0.534. The van der Waals surface area contributed by atoms with Crippen LogP contribution in [-0.4, -0.2) is 44.8 Å². The lowest BCUT2D eigenvalue weighted by Gasteiger charge is -2.29. The molecular formula is C22H22N4O7S. The first kappa shape index (κ1) is 22.2. The number of nitrogens with two attached hydrogens (primary N) is 1. The van der Waals surface area contributed by atoms with Crippen molar-refractivity contribution in [2.45, 2.75) is 31.3 Å². The van der Waals surface area contributed by atoms with E-state index in [1.54, 1.807) is 25.1 Å². The number of carbonyl (C=O) groups excluding carboxylic acids is 3. The third-order valence-electron chi connectivity index (χ3n) is 6.41. The lowest BCUT2D eigenvalue weighted by Crippen LogP contribution is -2.52. The molecule has 11 nitrogen and oxygen atoms in total. The fourth-order valence-electron chi connectivity index (χ4n) is 4.69. The maximum absolute atomic E-state index is 13.1. The summed E-state index contributed by atoms with van der Waals surface area (Å²) in [5, 5.41) is 10.2. The highest BCUT2D eigenvalue weighted by atomic mass is 32.2. The molecule has 0 bridgehead atoms. The number of hydrogen-bond donors (Lipinski definition) is 3. The highest BCUT2D eigenvalue weighted by Crippen LogP contribution is 2.41. The van der Waals surface area contributed by atoms with Crippen LogP contribution >= 0.6 is 0 Å². The summed E-state index contributed by atoms with van der Waals surface area (Å²) in [6, 6.07) is 5.94. The first-order valence-corrected chi connectivity index (χ1v) is 12.0. The van der Waals surface area contributed by atoms with Crippen LogP contribution in [0.4, 0.5) is 4.79 Å². The zero-order valence-electron chi connectivity index (χ0n) is 18.4. The fraction of sp³-hybridized carbons (Fsp3) is 0.318. The Morgan fingerprint density at radius 2 is 2.03 bits per heavy atom. The number of hydrogen-bond acceptors (Lipinski definition) is 7. The summed E-state index contributed by atoms with van der Waals surface area (Å²) in [5.74, 6) is -0.223. The number of carbonyl (C=O) groups is 3. The Labute approximate surface area is 195 Å². The SMILES string of the molecule is COc1ccc2c(c1)C(=O)N(CC1(c3cc4c(o3)C(C)CC(S(N)(=O)=O)=C4)NC(=O)NC1=O)C2. The van der Waals surface area contributed by atoms with E-state index in [1.165, 1.54) is 24.2 Å². The molecule has 1 aliphatic carbocycles. The van der Waals surface area contributed by atoms with E-state index in [-0.39, 0.29) is 42.0 Å². The van der Waals surface area contributed by atoms with Crippen LogP contribution in [0.5, 0.6) is 5.75 Å². The van der Waals surface area contributed by atoms with Gasteiger partial charge in [0.25, 0.3) is 11.8 Å². The largest absolute Gasteiger partial charge is 0.497 e. The Balaban J connectivity index is 1.55. The minimum absolute atomic E-state index is 0.0490. The van der Waals surface area contributed by atoms with Crippen LogP contribution in [0.25, 0.3) is 6.08 Å². The minimum Gasteiger partial charge on any atom is -0.497 e. The van der Waals surface area contributed by atoms with Gasteiger partial charge in [0.2, 0.25) is 10.0 Å². The molecule has 178 valence electrons. The van der Waals surface area contributed by atoms with Crippen molar-refractivity contribution in [2.75, 3.05) is 13.7 Å². The van der Waals surface area contributed by atoms with Gasteiger partial charge >= 0.3 is 6.03 Å². The van der Waals surface area contributed by atoms with Crippen molar-refractivity contribution in [1.29, 1.82) is 0 Å². The first-order chi connectivity index (χ1) is 16.0. The van der Waals surface area contributed by atoms with Crippen LogP contribution in [-0.2, 0) is 26.9 Å². The van der Waals surface area contributed by atoms with Gasteiger partial charge in [0.15, 0.2) is 5.54 Å². The molecule has 1 aromatic heterocycles. The molecule has 1 saturated heterocycles. The number of urea groups is 1. The molecule has 4 N–H and O–H groups in total. The van der Waals surface area contributed by atoms with Gasteiger partial charge in [-0.2, -0.15) is 0 Å². The third kappa shape index (κ3) is 3.37. The summed E-state index contributed by atoms with van der Waals surface area (Å²) >= 11 is 0. The zero-order chi connectivity index (χ0) is 24.4. The van der Waals surface area contributed by atoms with Gasteiger partial charge in [0, 0.05) is 23.6 Å². The van der Waals surface area contributed by atoms with Crippen LogP contribution in [0.1, 0.15) is 52.3 Å². The van der Waals surface area contributed by atoms with Gasteiger partial charge in [-0.25, -0.2) is 18.4 Å². The number of nitrogens with one attached hydrogen (secondary N) is 2. The van der Waals surface area contributed by atoms with Gasteiger partial charge in [-0.1, -0.05) is 13.0 Å². The number of amides is 4. The second-order valence-electron chi connectivity index (χ2n) is 8.69. The molecule has 1 aromatic carbocycles. The van der Waals surface area contributed by atoms with Crippen LogP contribution in [0.3, 0.4) is 0 Å². The van der Waals surface area contributed by atoms with E-state index in [0.29, 0.717) is 22.6 Å². The van der Waals surface area contributed by atoms with Crippen molar-refractivity contribution in [3.05, 3.63) is 57.4 Å². The number of primary sulfonamides is 1. The van der Waals surface area contributed by atoms with Gasteiger partial charge in [-0.3, -0.25) is 14.9 Å². The standard InChI is InChI=1S/C22H22N4O7S/c1-11-5-15(34(23,30)31)6-13-7-17(33-18(11)13)22(20(28)24-21(29)25-22)10-26-9-12-3-4-14(32-2)8-16(12)19(26)27/h3-4,6-8,11H,5,9-10H2,1-2H3,(H2,23,30,31)(H2,24,25,28,29). The molecule has 2 aromatic rings. The topological polar surface area (TPSA) is 161 Å². The van der Waals surface area contributed by atoms with Crippen molar-refractivity contribution >= 4 is 33.9 Å². The third-order valence-corrected chi connectivity index (χ3v) is 7.43. The molecule has 0 radical (unpaired) electrons. The molecule has 2 unspecified atom stereocenters. The summed E-state index contributed by atoms with van der Waals surface area (Å²) in [4.78, 5) is 39.8. The van der Waals surface area contributed by atoms with Crippen molar-refractivity contribution in [3.63, 3.8) is 0 Å².